The molecule has 1 aliphatic rings. The quantitative estimate of drug-likeness (QED) is 0.773. The molecule has 3 nitrogen and oxygen atoms in total. The smallest absolute Gasteiger partial charge is 0.127 e. The van der Waals surface area contributed by atoms with E-state index in [2.05, 4.69) is 22.1 Å². The first-order valence-electron chi connectivity index (χ1n) is 7.91. The maximum Gasteiger partial charge on any atom is 0.127 e. The van der Waals surface area contributed by atoms with Gasteiger partial charge in [0.15, 0.2) is 0 Å². The number of hydrogen-bond donors (Lipinski definition) is 2. The van der Waals surface area contributed by atoms with Gasteiger partial charge >= 0.3 is 0 Å². The Morgan fingerprint density at radius 1 is 1.21 bits per heavy atom. The minimum Gasteiger partial charge on any atom is -0.381 e. The van der Waals surface area contributed by atoms with E-state index in [1.54, 1.807) is 24.5 Å². The van der Waals surface area contributed by atoms with Crippen LogP contribution in [0, 0.1) is 11.8 Å². The first-order chi connectivity index (χ1) is 11.5. The van der Waals surface area contributed by atoms with Gasteiger partial charge in [-0.05, 0) is 43.5 Å². The van der Waals surface area contributed by atoms with Crippen LogP contribution in [-0.4, -0.2) is 21.7 Å². The van der Waals surface area contributed by atoms with Crippen molar-refractivity contribution in [3.63, 3.8) is 0 Å². The first-order valence-corrected chi connectivity index (χ1v) is 8.66. The summed E-state index contributed by atoms with van der Waals surface area (Å²) in [6.07, 6.45) is 6.46. The molecule has 0 unspecified atom stereocenters. The number of aromatic nitrogens is 1. The monoisotopic (exact) mass is 360 g/mol. The Labute approximate surface area is 152 Å². The Bertz CT molecular complexity index is 784. The number of aliphatic hydroxyl groups is 1. The van der Waals surface area contributed by atoms with E-state index in [1.165, 1.54) is 0 Å². The lowest BCUT2D eigenvalue weighted by molar-refractivity contribution is 0.0561. The molecular weight excluding hydrogens is 343 g/mol. The minimum atomic E-state index is -0.996. The van der Waals surface area contributed by atoms with Crippen LogP contribution in [0.25, 0.3) is 0 Å². The molecule has 2 aromatic rings. The highest BCUT2D eigenvalue weighted by Crippen LogP contribution is 2.30. The van der Waals surface area contributed by atoms with Crippen LogP contribution in [0.3, 0.4) is 0 Å². The van der Waals surface area contributed by atoms with E-state index in [1.807, 2.05) is 18.2 Å². The van der Waals surface area contributed by atoms with Gasteiger partial charge in [0.05, 0.1) is 16.9 Å². The van der Waals surface area contributed by atoms with Gasteiger partial charge in [0.25, 0.3) is 0 Å². The van der Waals surface area contributed by atoms with Crippen LogP contribution in [-0.2, 0) is 0 Å². The lowest BCUT2D eigenvalue weighted by atomic mass is 9.82. The summed E-state index contributed by atoms with van der Waals surface area (Å²) in [5.74, 6) is 6.08. The van der Waals surface area contributed by atoms with E-state index in [0.717, 1.165) is 24.1 Å². The van der Waals surface area contributed by atoms with Crippen LogP contribution in [0.1, 0.15) is 31.2 Å². The van der Waals surface area contributed by atoms with Gasteiger partial charge in [-0.1, -0.05) is 41.1 Å². The number of nitrogens with one attached hydrogen (secondary N) is 1. The third-order valence-electron chi connectivity index (χ3n) is 4.07. The van der Waals surface area contributed by atoms with Crippen molar-refractivity contribution in [2.75, 3.05) is 5.32 Å². The van der Waals surface area contributed by atoms with Crippen molar-refractivity contribution < 1.29 is 5.11 Å². The first kappa shape index (κ1) is 17.1. The zero-order valence-electron chi connectivity index (χ0n) is 13.1. The number of benzene rings is 1. The Balaban J connectivity index is 1.70. The molecule has 0 spiro atoms. The van der Waals surface area contributed by atoms with Gasteiger partial charge in [-0.3, -0.25) is 4.98 Å². The molecule has 0 saturated heterocycles. The lowest BCUT2D eigenvalue weighted by Crippen LogP contribution is -2.39. The minimum absolute atomic E-state index is 0.137. The molecule has 0 bridgehead atoms. The van der Waals surface area contributed by atoms with Crippen LogP contribution < -0.4 is 5.32 Å². The summed E-state index contributed by atoms with van der Waals surface area (Å²) in [6, 6.07) is 9.32. The number of halogens is 2. The molecule has 0 radical (unpaired) electrons. The molecule has 5 heteroatoms. The molecule has 24 heavy (non-hydrogen) atoms. The van der Waals surface area contributed by atoms with Gasteiger partial charge in [-0.25, -0.2) is 0 Å². The normalized spacial score (nSPS) is 23.2. The highest BCUT2D eigenvalue weighted by Gasteiger charge is 2.32. The van der Waals surface area contributed by atoms with Crippen molar-refractivity contribution in [3.05, 3.63) is 58.3 Å². The van der Waals surface area contributed by atoms with Crippen molar-refractivity contribution in [2.45, 2.75) is 37.3 Å². The highest BCUT2D eigenvalue weighted by molar-refractivity contribution is 6.31. The van der Waals surface area contributed by atoms with E-state index in [0.29, 0.717) is 22.9 Å². The van der Waals surface area contributed by atoms with E-state index in [-0.39, 0.29) is 6.04 Å². The SMILES string of the molecule is O[C@]1(C#Cc2cccc(Cl)c2)CCC[C@@H](Nc2cncc(Cl)c2)C1. The molecule has 124 valence electrons. The molecule has 1 aromatic heterocycles. The molecule has 1 saturated carbocycles. The summed E-state index contributed by atoms with van der Waals surface area (Å²) >= 11 is 11.9. The number of nitrogens with zero attached hydrogens (tertiary/aromatic N) is 1. The fraction of sp³-hybridized carbons (Fsp3) is 0.316. The summed E-state index contributed by atoms with van der Waals surface area (Å²) in [7, 11) is 0. The Morgan fingerprint density at radius 3 is 2.88 bits per heavy atom. The van der Waals surface area contributed by atoms with E-state index in [4.69, 9.17) is 23.2 Å². The van der Waals surface area contributed by atoms with E-state index in [9.17, 15) is 5.11 Å². The zero-order valence-corrected chi connectivity index (χ0v) is 14.6. The third-order valence-corrected chi connectivity index (χ3v) is 4.51. The van der Waals surface area contributed by atoms with Crippen LogP contribution in [0.15, 0.2) is 42.7 Å². The van der Waals surface area contributed by atoms with Gasteiger partial charge in [0, 0.05) is 29.2 Å². The van der Waals surface area contributed by atoms with Crippen molar-refractivity contribution in [3.8, 4) is 11.8 Å². The second-order valence-corrected chi connectivity index (χ2v) is 6.99. The summed E-state index contributed by atoms with van der Waals surface area (Å²) < 4.78 is 0. The molecular formula is C19H18Cl2N2O. The average Bonchev–Trinajstić information content (AvgIpc) is 2.53. The maximum atomic E-state index is 10.8. The molecule has 1 aromatic carbocycles. The summed E-state index contributed by atoms with van der Waals surface area (Å²) in [6.45, 7) is 0. The molecule has 2 atom stereocenters. The molecule has 1 aliphatic carbocycles. The van der Waals surface area contributed by atoms with E-state index >= 15 is 0 Å². The largest absolute Gasteiger partial charge is 0.381 e. The van der Waals surface area contributed by atoms with Gasteiger partial charge in [-0.15, -0.1) is 0 Å². The van der Waals surface area contributed by atoms with Gasteiger partial charge in [0.1, 0.15) is 5.60 Å². The maximum absolute atomic E-state index is 10.8. The van der Waals surface area contributed by atoms with Crippen molar-refractivity contribution in [1.29, 1.82) is 0 Å². The Hall–Kier alpha value is -1.73. The van der Waals surface area contributed by atoms with Gasteiger partial charge < -0.3 is 10.4 Å². The fourth-order valence-corrected chi connectivity index (χ4v) is 3.33. The molecule has 1 heterocycles. The van der Waals surface area contributed by atoms with E-state index < -0.39 is 5.60 Å². The molecule has 0 amide bonds. The average molecular weight is 361 g/mol. The second-order valence-electron chi connectivity index (χ2n) is 6.12. The molecule has 0 aliphatic heterocycles. The predicted octanol–water partition coefficient (Wildman–Crippen LogP) is 4.53. The molecule has 2 N–H and O–H groups in total. The Morgan fingerprint density at radius 2 is 2.08 bits per heavy atom. The predicted molar refractivity (Wildman–Crippen MR) is 98.4 cm³/mol. The standard InChI is InChI=1S/C19H18Cl2N2O/c20-15-4-1-3-14(9-15)6-8-19(24)7-2-5-17(11-19)23-18-10-16(21)12-22-13-18/h1,3-4,9-10,12-13,17,23-24H,2,5,7,11H2/t17-,19+/m1/s1. The molecule has 1 fully saturated rings. The number of rotatable bonds is 2. The zero-order chi connectivity index (χ0) is 17.0. The Kier molecular flexibility index (Phi) is 5.30. The fourth-order valence-electron chi connectivity index (χ4n) is 2.97. The van der Waals surface area contributed by atoms with Crippen LogP contribution >= 0.6 is 23.2 Å². The van der Waals surface area contributed by atoms with Gasteiger partial charge in [0.2, 0.25) is 0 Å². The lowest BCUT2D eigenvalue weighted by Gasteiger charge is -2.34. The van der Waals surface area contributed by atoms with Gasteiger partial charge in [-0.2, -0.15) is 0 Å². The highest BCUT2D eigenvalue weighted by atomic mass is 35.5. The van der Waals surface area contributed by atoms with Crippen molar-refractivity contribution in [1.82, 2.24) is 4.98 Å². The van der Waals surface area contributed by atoms with Crippen LogP contribution in [0.5, 0.6) is 0 Å². The van der Waals surface area contributed by atoms with Crippen molar-refractivity contribution >= 4 is 28.9 Å². The molecule has 3 rings (SSSR count). The summed E-state index contributed by atoms with van der Waals surface area (Å²) in [5, 5.41) is 15.4. The second kappa shape index (κ2) is 7.44. The third kappa shape index (κ3) is 4.64. The summed E-state index contributed by atoms with van der Waals surface area (Å²) in [5.41, 5.74) is 0.675. The van der Waals surface area contributed by atoms with Crippen molar-refractivity contribution in [2.24, 2.45) is 0 Å². The number of anilines is 1. The topological polar surface area (TPSA) is 45.1 Å². The number of hydrogen-bond acceptors (Lipinski definition) is 3. The van der Waals surface area contributed by atoms with Crippen LogP contribution in [0.2, 0.25) is 10.0 Å². The summed E-state index contributed by atoms with van der Waals surface area (Å²) in [4.78, 5) is 4.07. The number of pyridine rings is 1. The van der Waals surface area contributed by atoms with Crippen LogP contribution in [0.4, 0.5) is 5.69 Å².